The molecule has 4 heteroatoms. The largest absolute Gasteiger partial charge is 0.341 e. The topological polar surface area (TPSA) is 32.3 Å². The molecule has 0 aliphatic carbocycles. The lowest BCUT2D eigenvalue weighted by Gasteiger charge is -2.29. The van der Waals surface area contributed by atoms with Crippen LogP contribution in [0.1, 0.15) is 18.7 Å². The maximum Gasteiger partial charge on any atom is 0.233 e. The van der Waals surface area contributed by atoms with Gasteiger partial charge in [0.1, 0.15) is 0 Å². The molecule has 0 aromatic carbocycles. The fraction of sp³-hybridized carbons (Fsp3) is 0.643. The number of likely N-dealkylation sites (tertiary alicyclic amines) is 1. The molecule has 1 amide bonds. The Morgan fingerprint density at radius 3 is 2.61 bits per heavy atom. The van der Waals surface area contributed by atoms with Crippen LogP contribution in [0.25, 0.3) is 0 Å². The van der Waals surface area contributed by atoms with Crippen molar-refractivity contribution in [2.45, 2.75) is 19.3 Å². The molecule has 1 N–H and O–H groups in total. The SMILES string of the molecule is CC(C)(C(=O)N1C[C@H]2CNC[C@H]2C1)c1cccs1. The number of carbonyl (C=O) groups is 1. The number of nitrogens with one attached hydrogen (secondary N) is 1. The zero-order valence-corrected chi connectivity index (χ0v) is 11.8. The molecule has 0 radical (unpaired) electrons. The van der Waals surface area contributed by atoms with Crippen LogP contribution in [0.3, 0.4) is 0 Å². The molecule has 0 saturated carbocycles. The van der Waals surface area contributed by atoms with Gasteiger partial charge in [-0.2, -0.15) is 0 Å². The van der Waals surface area contributed by atoms with E-state index >= 15 is 0 Å². The van der Waals surface area contributed by atoms with Crippen LogP contribution in [-0.4, -0.2) is 37.0 Å². The quantitative estimate of drug-likeness (QED) is 0.882. The first-order valence-electron chi connectivity index (χ1n) is 6.63. The third-order valence-corrected chi connectivity index (χ3v) is 5.54. The maximum absolute atomic E-state index is 12.7. The van der Waals surface area contributed by atoms with Crippen molar-refractivity contribution in [3.05, 3.63) is 22.4 Å². The van der Waals surface area contributed by atoms with Crippen molar-refractivity contribution in [3.63, 3.8) is 0 Å². The van der Waals surface area contributed by atoms with Crippen molar-refractivity contribution in [2.24, 2.45) is 11.8 Å². The highest BCUT2D eigenvalue weighted by Gasteiger charge is 2.42. The van der Waals surface area contributed by atoms with Gasteiger partial charge in [0.15, 0.2) is 0 Å². The van der Waals surface area contributed by atoms with Gasteiger partial charge in [0.05, 0.1) is 5.41 Å². The van der Waals surface area contributed by atoms with Crippen LogP contribution < -0.4 is 5.32 Å². The second kappa shape index (κ2) is 4.35. The molecule has 3 rings (SSSR count). The zero-order valence-electron chi connectivity index (χ0n) is 11.0. The number of fused-ring (bicyclic) bond motifs is 1. The van der Waals surface area contributed by atoms with Crippen LogP contribution in [0.4, 0.5) is 0 Å². The van der Waals surface area contributed by atoms with Crippen LogP contribution in [0, 0.1) is 11.8 Å². The first-order valence-corrected chi connectivity index (χ1v) is 7.51. The van der Waals surface area contributed by atoms with Gasteiger partial charge < -0.3 is 10.2 Å². The summed E-state index contributed by atoms with van der Waals surface area (Å²) in [4.78, 5) is 16.0. The van der Waals surface area contributed by atoms with Crippen LogP contribution in [0.5, 0.6) is 0 Å². The average Bonchev–Trinajstić information content (AvgIpc) is 3.03. The summed E-state index contributed by atoms with van der Waals surface area (Å²) in [6.45, 7) is 8.12. The number of carbonyl (C=O) groups excluding carboxylic acids is 1. The van der Waals surface area contributed by atoms with E-state index in [-0.39, 0.29) is 5.41 Å². The highest BCUT2D eigenvalue weighted by molar-refractivity contribution is 7.10. The van der Waals surface area contributed by atoms with Gasteiger partial charge in [-0.1, -0.05) is 6.07 Å². The van der Waals surface area contributed by atoms with E-state index in [1.165, 1.54) is 4.88 Å². The Balaban J connectivity index is 1.75. The third kappa shape index (κ3) is 1.88. The Bertz CT molecular complexity index is 429. The summed E-state index contributed by atoms with van der Waals surface area (Å²) in [6, 6.07) is 4.10. The molecule has 3 nitrogen and oxygen atoms in total. The molecule has 18 heavy (non-hydrogen) atoms. The lowest BCUT2D eigenvalue weighted by atomic mass is 9.89. The summed E-state index contributed by atoms with van der Waals surface area (Å²) < 4.78 is 0. The van der Waals surface area contributed by atoms with Crippen LogP contribution in [-0.2, 0) is 10.2 Å². The fourth-order valence-corrected chi connectivity index (χ4v) is 4.00. The molecule has 98 valence electrons. The number of hydrogen-bond donors (Lipinski definition) is 1. The molecule has 3 heterocycles. The minimum atomic E-state index is -0.375. The molecule has 2 atom stereocenters. The smallest absolute Gasteiger partial charge is 0.233 e. The molecule has 1 aromatic rings. The van der Waals surface area contributed by atoms with Gasteiger partial charge in [-0.25, -0.2) is 0 Å². The van der Waals surface area contributed by atoms with Crippen LogP contribution in [0.15, 0.2) is 17.5 Å². The summed E-state index contributed by atoms with van der Waals surface area (Å²) in [5.74, 6) is 1.64. The predicted octanol–water partition coefficient (Wildman–Crippen LogP) is 1.70. The van der Waals surface area contributed by atoms with Crippen LogP contribution in [0.2, 0.25) is 0 Å². The van der Waals surface area contributed by atoms with E-state index in [1.54, 1.807) is 11.3 Å². The van der Waals surface area contributed by atoms with E-state index < -0.39 is 0 Å². The Morgan fingerprint density at radius 1 is 1.39 bits per heavy atom. The van der Waals surface area contributed by atoms with Crippen molar-refractivity contribution >= 4 is 17.2 Å². The number of nitrogens with zero attached hydrogens (tertiary/aromatic N) is 1. The first-order chi connectivity index (χ1) is 8.59. The molecule has 2 aliphatic rings. The number of rotatable bonds is 2. The molecular weight excluding hydrogens is 244 g/mol. The van der Waals surface area contributed by atoms with Gasteiger partial charge in [0.25, 0.3) is 0 Å². The fourth-order valence-electron chi connectivity index (χ4n) is 3.16. The van der Waals surface area contributed by atoms with E-state index in [9.17, 15) is 4.79 Å². The van der Waals surface area contributed by atoms with Crippen LogP contribution >= 0.6 is 11.3 Å². The average molecular weight is 264 g/mol. The molecular formula is C14H20N2OS. The molecule has 2 fully saturated rings. The van der Waals surface area contributed by atoms with Gasteiger partial charge in [0, 0.05) is 31.1 Å². The van der Waals surface area contributed by atoms with Gasteiger partial charge in [-0.05, 0) is 37.1 Å². The lowest BCUT2D eigenvalue weighted by molar-refractivity contribution is -0.135. The number of amides is 1. The number of thiophene rings is 1. The Morgan fingerprint density at radius 2 is 2.06 bits per heavy atom. The monoisotopic (exact) mass is 264 g/mol. The Labute approximate surface area is 112 Å². The molecule has 2 saturated heterocycles. The zero-order chi connectivity index (χ0) is 12.8. The van der Waals surface area contributed by atoms with Crippen molar-refractivity contribution in [2.75, 3.05) is 26.2 Å². The minimum Gasteiger partial charge on any atom is -0.341 e. The van der Waals surface area contributed by atoms with Gasteiger partial charge in [0.2, 0.25) is 5.91 Å². The van der Waals surface area contributed by atoms with E-state index in [1.807, 2.05) is 25.3 Å². The van der Waals surface area contributed by atoms with E-state index in [4.69, 9.17) is 0 Å². The molecule has 0 unspecified atom stereocenters. The van der Waals surface area contributed by atoms with Gasteiger partial charge in [-0.15, -0.1) is 11.3 Å². The summed E-state index contributed by atoms with van der Waals surface area (Å²) in [5, 5.41) is 5.46. The molecule has 0 spiro atoms. The van der Waals surface area contributed by atoms with Gasteiger partial charge in [-0.3, -0.25) is 4.79 Å². The summed E-state index contributed by atoms with van der Waals surface area (Å²) in [6.07, 6.45) is 0. The van der Waals surface area contributed by atoms with Crippen molar-refractivity contribution < 1.29 is 4.79 Å². The first kappa shape index (κ1) is 12.2. The normalized spacial score (nSPS) is 27.6. The van der Waals surface area contributed by atoms with Crippen molar-refractivity contribution in [1.82, 2.24) is 10.2 Å². The van der Waals surface area contributed by atoms with E-state index in [0.29, 0.717) is 17.7 Å². The minimum absolute atomic E-state index is 0.291. The summed E-state index contributed by atoms with van der Waals surface area (Å²) >= 11 is 1.68. The Kier molecular flexibility index (Phi) is 2.94. The second-order valence-corrected chi connectivity index (χ2v) is 6.94. The summed E-state index contributed by atoms with van der Waals surface area (Å²) in [7, 11) is 0. The van der Waals surface area contributed by atoms with Gasteiger partial charge >= 0.3 is 0 Å². The van der Waals surface area contributed by atoms with E-state index in [0.717, 1.165) is 26.2 Å². The molecule has 2 aliphatic heterocycles. The van der Waals surface area contributed by atoms with Crippen molar-refractivity contribution in [1.29, 1.82) is 0 Å². The second-order valence-electron chi connectivity index (χ2n) is 5.99. The Hall–Kier alpha value is -0.870. The summed E-state index contributed by atoms with van der Waals surface area (Å²) in [5.41, 5.74) is -0.375. The van der Waals surface area contributed by atoms with E-state index in [2.05, 4.69) is 16.3 Å². The standard InChI is InChI=1S/C14H20N2OS/c1-14(2,12-4-3-5-18-12)13(17)16-8-10-6-15-7-11(10)9-16/h3-5,10-11,15H,6-9H2,1-2H3/t10-,11+. The maximum atomic E-state index is 12.7. The highest BCUT2D eigenvalue weighted by atomic mass is 32.1. The van der Waals surface area contributed by atoms with Crippen molar-refractivity contribution in [3.8, 4) is 0 Å². The predicted molar refractivity (Wildman–Crippen MR) is 73.8 cm³/mol. The lowest BCUT2D eigenvalue weighted by Crippen LogP contribution is -2.43. The third-order valence-electron chi connectivity index (χ3n) is 4.35. The molecule has 0 bridgehead atoms. The molecule has 1 aromatic heterocycles. The highest BCUT2D eigenvalue weighted by Crippen LogP contribution is 2.33. The number of hydrogen-bond acceptors (Lipinski definition) is 3.